The first kappa shape index (κ1) is 33.5. The number of hydrogen-bond donors (Lipinski definition) is 4. The summed E-state index contributed by atoms with van der Waals surface area (Å²) in [5, 5.41) is 19.5. The Kier molecular flexibility index (Phi) is 10.7. The predicted octanol–water partition coefficient (Wildman–Crippen LogP) is 3.70. The van der Waals surface area contributed by atoms with Crippen molar-refractivity contribution in [3.8, 4) is 0 Å². The quantitative estimate of drug-likeness (QED) is 0.296. The fourth-order valence-electron chi connectivity index (χ4n) is 6.58. The standard InChI is InChI=1S/C31H43F3N8O2/c1-19(36)29(41(15-12-35)20(2)23-8-9-25-11-14-40(3)18-27(43)42(25)17-23)28(37)21-4-6-22(7-5-21)30(44)39-26-16-24(10-13-38-26)31(32,33)34/h4,6,10,12-13,16,19-20,23,25,29,35,37H,5,7-9,11,14-15,17-18,36H2,1-3H3,(H,38,39,44). The molecule has 4 rings (SSSR count). The van der Waals surface area contributed by atoms with Crippen molar-refractivity contribution < 1.29 is 22.8 Å². The van der Waals surface area contributed by atoms with E-state index in [0.29, 0.717) is 49.3 Å². The maximum Gasteiger partial charge on any atom is 0.416 e. The van der Waals surface area contributed by atoms with E-state index >= 15 is 0 Å². The minimum atomic E-state index is -4.55. The van der Waals surface area contributed by atoms with Gasteiger partial charge in [-0.1, -0.05) is 12.2 Å². The summed E-state index contributed by atoms with van der Waals surface area (Å²) in [6, 6.07) is 0.883. The van der Waals surface area contributed by atoms with Crippen molar-refractivity contribution in [3.63, 3.8) is 0 Å². The van der Waals surface area contributed by atoms with Gasteiger partial charge in [0, 0.05) is 55.7 Å². The molecule has 240 valence electrons. The van der Waals surface area contributed by atoms with E-state index in [1.807, 2.05) is 18.9 Å². The van der Waals surface area contributed by atoms with Crippen molar-refractivity contribution in [2.24, 2.45) is 11.7 Å². The molecule has 5 atom stereocenters. The van der Waals surface area contributed by atoms with Crippen LogP contribution < -0.4 is 11.1 Å². The first-order chi connectivity index (χ1) is 20.8. The zero-order valence-corrected chi connectivity index (χ0v) is 25.5. The summed E-state index contributed by atoms with van der Waals surface area (Å²) in [5.74, 6) is -0.437. The minimum absolute atomic E-state index is 0.0521. The van der Waals surface area contributed by atoms with Crippen molar-refractivity contribution in [3.05, 3.63) is 47.2 Å². The number of nitrogens with two attached hydrogens (primary N) is 1. The number of nitrogens with zero attached hydrogens (tertiary/aromatic N) is 4. The molecule has 2 fully saturated rings. The summed E-state index contributed by atoms with van der Waals surface area (Å²) < 4.78 is 39.1. The van der Waals surface area contributed by atoms with Gasteiger partial charge in [0.05, 0.1) is 23.9 Å². The first-order valence-electron chi connectivity index (χ1n) is 15.1. The van der Waals surface area contributed by atoms with Gasteiger partial charge >= 0.3 is 6.18 Å². The van der Waals surface area contributed by atoms with Gasteiger partial charge in [-0.25, -0.2) is 4.98 Å². The Hall–Kier alpha value is -3.42. The molecule has 1 aliphatic carbocycles. The van der Waals surface area contributed by atoms with Crippen molar-refractivity contribution in [1.29, 1.82) is 10.8 Å². The zero-order chi connectivity index (χ0) is 32.2. The van der Waals surface area contributed by atoms with Gasteiger partial charge in [0.1, 0.15) is 5.82 Å². The Morgan fingerprint density at radius 1 is 1.23 bits per heavy atom. The number of fused-ring (bicyclic) bond motifs is 1. The number of aromatic nitrogens is 1. The molecule has 13 heteroatoms. The molecule has 2 amide bonds. The summed E-state index contributed by atoms with van der Waals surface area (Å²) in [6.45, 7) is 6.17. The average molecular weight is 617 g/mol. The summed E-state index contributed by atoms with van der Waals surface area (Å²) in [5.41, 5.74) is 6.97. The fourth-order valence-corrected chi connectivity index (χ4v) is 6.58. The van der Waals surface area contributed by atoms with E-state index in [-0.39, 0.29) is 29.7 Å². The van der Waals surface area contributed by atoms with Gasteiger partial charge in [-0.2, -0.15) is 13.2 Å². The summed E-state index contributed by atoms with van der Waals surface area (Å²) >= 11 is 0. The van der Waals surface area contributed by atoms with Crippen molar-refractivity contribution in [2.75, 3.05) is 38.5 Å². The third-order valence-corrected chi connectivity index (χ3v) is 9.09. The van der Waals surface area contributed by atoms with Crippen LogP contribution in [0.25, 0.3) is 0 Å². The number of alkyl halides is 3. The second-order valence-electron chi connectivity index (χ2n) is 12.2. The molecule has 1 aromatic rings. The highest BCUT2D eigenvalue weighted by Gasteiger charge is 2.40. The van der Waals surface area contributed by atoms with Gasteiger partial charge in [-0.3, -0.25) is 19.4 Å². The number of amides is 2. The number of allylic oxidation sites excluding steroid dienone is 2. The van der Waals surface area contributed by atoms with E-state index in [2.05, 4.69) is 27.0 Å². The van der Waals surface area contributed by atoms with Gasteiger partial charge < -0.3 is 26.8 Å². The minimum Gasteiger partial charge on any atom is -0.338 e. The molecule has 44 heavy (non-hydrogen) atoms. The number of anilines is 1. The lowest BCUT2D eigenvalue weighted by Gasteiger charge is -2.46. The number of nitrogens with one attached hydrogen (secondary N) is 3. The smallest absolute Gasteiger partial charge is 0.338 e. The van der Waals surface area contributed by atoms with Crippen LogP contribution in [0.3, 0.4) is 0 Å². The molecule has 0 bridgehead atoms. The van der Waals surface area contributed by atoms with Gasteiger partial charge in [-0.05, 0) is 76.6 Å². The monoisotopic (exact) mass is 616 g/mol. The van der Waals surface area contributed by atoms with E-state index in [0.717, 1.165) is 44.1 Å². The SMILES string of the molecule is CC(N)C(C(=N)C1=CC=C(C(=O)Nc2cc(C(F)(F)F)ccn2)CC1)N(CC=N)C(C)C1CCC2CCN(C)CC(=O)N2C1. The molecule has 3 heterocycles. The van der Waals surface area contributed by atoms with Crippen LogP contribution in [0, 0.1) is 16.7 Å². The Morgan fingerprint density at radius 3 is 2.57 bits per heavy atom. The van der Waals surface area contributed by atoms with Crippen LogP contribution in [0.1, 0.15) is 51.5 Å². The van der Waals surface area contributed by atoms with Crippen molar-refractivity contribution in [1.82, 2.24) is 19.7 Å². The topological polar surface area (TPSA) is 142 Å². The van der Waals surface area contributed by atoms with Gasteiger partial charge in [0.15, 0.2) is 0 Å². The lowest BCUT2D eigenvalue weighted by Crippen LogP contribution is -2.59. The number of rotatable bonds is 10. The number of carbonyl (C=O) groups excluding carboxylic acids is 2. The normalized spacial score (nSPS) is 23.5. The highest BCUT2D eigenvalue weighted by molar-refractivity contribution is 6.06. The van der Waals surface area contributed by atoms with E-state index in [4.69, 9.17) is 11.1 Å². The summed E-state index contributed by atoms with van der Waals surface area (Å²) in [4.78, 5) is 35.8. The second-order valence-corrected chi connectivity index (χ2v) is 12.2. The fraction of sp³-hybridized carbons (Fsp3) is 0.581. The number of halogens is 3. The second kappa shape index (κ2) is 14.1. The molecular weight excluding hydrogens is 573 g/mol. The number of pyridine rings is 1. The molecule has 0 radical (unpaired) electrons. The van der Waals surface area contributed by atoms with E-state index in [1.165, 1.54) is 6.21 Å². The molecule has 0 spiro atoms. The molecule has 0 saturated carbocycles. The molecule has 1 aromatic heterocycles. The zero-order valence-electron chi connectivity index (χ0n) is 25.5. The molecule has 2 saturated heterocycles. The maximum absolute atomic E-state index is 13.0. The van der Waals surface area contributed by atoms with Crippen LogP contribution >= 0.6 is 0 Å². The van der Waals surface area contributed by atoms with Crippen LogP contribution in [0.15, 0.2) is 41.6 Å². The maximum atomic E-state index is 13.0. The van der Waals surface area contributed by atoms with Gasteiger partial charge in [0.2, 0.25) is 5.91 Å². The largest absolute Gasteiger partial charge is 0.416 e. The number of hydrogen-bond acceptors (Lipinski definition) is 8. The molecule has 2 aliphatic heterocycles. The predicted molar refractivity (Wildman–Crippen MR) is 164 cm³/mol. The van der Waals surface area contributed by atoms with Crippen LogP contribution in [0.4, 0.5) is 19.0 Å². The Balaban J connectivity index is 1.48. The molecule has 3 aliphatic rings. The Morgan fingerprint density at radius 2 is 1.93 bits per heavy atom. The Bertz CT molecular complexity index is 1310. The Labute approximate surface area is 256 Å². The van der Waals surface area contributed by atoms with Gasteiger partial charge in [-0.15, -0.1) is 0 Å². The van der Waals surface area contributed by atoms with Crippen molar-refractivity contribution >= 4 is 29.6 Å². The van der Waals surface area contributed by atoms with E-state index < -0.39 is 29.7 Å². The number of carbonyl (C=O) groups is 2. The third-order valence-electron chi connectivity index (χ3n) is 9.09. The summed E-state index contributed by atoms with van der Waals surface area (Å²) in [7, 11) is 1.97. The van der Waals surface area contributed by atoms with Crippen LogP contribution in [0.5, 0.6) is 0 Å². The summed E-state index contributed by atoms with van der Waals surface area (Å²) in [6.07, 6.45) is 4.54. The molecule has 5 N–H and O–H groups in total. The lowest BCUT2D eigenvalue weighted by molar-refractivity contribution is -0.138. The lowest BCUT2D eigenvalue weighted by atomic mass is 9.83. The third kappa shape index (κ3) is 7.80. The van der Waals surface area contributed by atoms with Crippen LogP contribution in [0.2, 0.25) is 0 Å². The number of likely N-dealkylation sites (N-methyl/N-ethyl adjacent to an activating group) is 1. The molecular formula is C31H43F3N8O2. The number of piperidine rings is 1. The van der Waals surface area contributed by atoms with Crippen LogP contribution in [-0.2, 0) is 15.8 Å². The highest BCUT2D eigenvalue weighted by Crippen LogP contribution is 2.33. The molecule has 5 unspecified atom stereocenters. The van der Waals surface area contributed by atoms with Crippen LogP contribution in [-0.4, -0.2) is 101 Å². The average Bonchev–Trinajstić information content (AvgIpc) is 3.12. The first-order valence-corrected chi connectivity index (χ1v) is 15.1. The molecule has 0 aromatic carbocycles. The van der Waals surface area contributed by atoms with E-state index in [1.54, 1.807) is 12.2 Å². The highest BCUT2D eigenvalue weighted by atomic mass is 19.4. The van der Waals surface area contributed by atoms with Gasteiger partial charge in [0.25, 0.3) is 5.91 Å². The van der Waals surface area contributed by atoms with E-state index in [9.17, 15) is 28.2 Å². The molecule has 10 nitrogen and oxygen atoms in total. The van der Waals surface area contributed by atoms with Crippen molar-refractivity contribution in [2.45, 2.75) is 76.3 Å².